The molecular formula is C25H28Cl2N2O3. The minimum Gasteiger partial charge on any atom is -0.493 e. The lowest BCUT2D eigenvalue weighted by Gasteiger charge is -2.17. The van der Waals surface area contributed by atoms with Crippen LogP contribution in [-0.4, -0.2) is 29.3 Å². The number of nitrogens with zero attached hydrogens (tertiary/aromatic N) is 2. The first-order valence-corrected chi connectivity index (χ1v) is 10.2. The highest BCUT2D eigenvalue weighted by atomic mass is 35.5. The maximum Gasteiger partial charge on any atom is 0.215 e. The van der Waals surface area contributed by atoms with Crippen LogP contribution in [0.5, 0.6) is 17.4 Å². The molecule has 1 N–H and O–H groups in total. The average Bonchev–Trinajstić information content (AvgIpc) is 2.75. The minimum atomic E-state index is 0. The Morgan fingerprint density at radius 2 is 1.72 bits per heavy atom. The Morgan fingerprint density at radius 3 is 2.41 bits per heavy atom. The molecule has 170 valence electrons. The molecule has 0 atom stereocenters. The number of aromatic hydroxyl groups is 1. The number of fused-ring (bicyclic) bond motifs is 2. The first kappa shape index (κ1) is 25.5. The Labute approximate surface area is 200 Å². The fourth-order valence-electron chi connectivity index (χ4n) is 4.02. The molecule has 4 aromatic rings. The number of ether oxygens (including phenoxy) is 2. The largest absolute Gasteiger partial charge is 0.493 e. The number of methoxy groups -OCH3 is 2. The van der Waals surface area contributed by atoms with Gasteiger partial charge in [-0.3, -0.25) is 4.98 Å². The zero-order chi connectivity index (χ0) is 21.3. The summed E-state index contributed by atoms with van der Waals surface area (Å²) in [4.78, 5) is 9.11. The van der Waals surface area contributed by atoms with Crippen LogP contribution in [0.15, 0.2) is 42.5 Å². The van der Waals surface area contributed by atoms with Gasteiger partial charge in [0.2, 0.25) is 5.88 Å². The van der Waals surface area contributed by atoms with E-state index in [1.54, 1.807) is 14.2 Å². The SMILES string of the molecule is CCCc1nc(O)c(Cc2ccc3nc(C)ccc3c2)c2c(OC)c(OC)ccc12.Cl.Cl. The predicted molar refractivity (Wildman–Crippen MR) is 134 cm³/mol. The Hall–Kier alpha value is -2.76. The van der Waals surface area contributed by atoms with Crippen LogP contribution in [0, 0.1) is 6.92 Å². The minimum absolute atomic E-state index is 0. The van der Waals surface area contributed by atoms with Gasteiger partial charge >= 0.3 is 0 Å². The van der Waals surface area contributed by atoms with E-state index in [0.29, 0.717) is 17.9 Å². The van der Waals surface area contributed by atoms with E-state index in [-0.39, 0.29) is 30.7 Å². The molecule has 0 saturated carbocycles. The molecule has 2 heterocycles. The monoisotopic (exact) mass is 474 g/mol. The quantitative estimate of drug-likeness (QED) is 0.360. The smallest absolute Gasteiger partial charge is 0.215 e. The topological polar surface area (TPSA) is 64.5 Å². The van der Waals surface area contributed by atoms with E-state index >= 15 is 0 Å². The Bertz CT molecular complexity index is 1250. The second-order valence-corrected chi connectivity index (χ2v) is 7.49. The van der Waals surface area contributed by atoms with Gasteiger partial charge in [-0.15, -0.1) is 24.8 Å². The number of halogens is 2. The molecule has 2 aromatic heterocycles. The number of aromatic nitrogens is 2. The van der Waals surface area contributed by atoms with Crippen molar-refractivity contribution in [3.8, 4) is 17.4 Å². The molecule has 7 heteroatoms. The summed E-state index contributed by atoms with van der Waals surface area (Å²) in [6, 6.07) is 14.2. The summed E-state index contributed by atoms with van der Waals surface area (Å²) >= 11 is 0. The molecule has 0 aliphatic heterocycles. The van der Waals surface area contributed by atoms with Gasteiger partial charge in [0, 0.05) is 33.8 Å². The van der Waals surface area contributed by atoms with Crippen LogP contribution in [0.4, 0.5) is 0 Å². The van der Waals surface area contributed by atoms with Gasteiger partial charge in [0.05, 0.1) is 25.4 Å². The fourth-order valence-corrected chi connectivity index (χ4v) is 4.02. The Morgan fingerprint density at radius 1 is 0.938 bits per heavy atom. The molecule has 0 unspecified atom stereocenters. The number of pyridine rings is 2. The van der Waals surface area contributed by atoms with Gasteiger partial charge in [-0.05, 0) is 49.2 Å². The highest BCUT2D eigenvalue weighted by Crippen LogP contribution is 2.42. The molecule has 32 heavy (non-hydrogen) atoms. The van der Waals surface area contributed by atoms with Crippen molar-refractivity contribution >= 4 is 46.5 Å². The number of hydrogen-bond acceptors (Lipinski definition) is 5. The molecule has 0 saturated heterocycles. The predicted octanol–water partition coefficient (Wildman–Crippen LogP) is 6.20. The summed E-state index contributed by atoms with van der Waals surface area (Å²) in [6.07, 6.45) is 2.24. The lowest BCUT2D eigenvalue weighted by atomic mass is 9.95. The maximum absolute atomic E-state index is 10.9. The molecule has 0 amide bonds. The van der Waals surface area contributed by atoms with Crippen molar-refractivity contribution in [2.75, 3.05) is 14.2 Å². The average molecular weight is 475 g/mol. The molecule has 0 radical (unpaired) electrons. The Balaban J connectivity index is 0.00000181. The van der Waals surface area contributed by atoms with Gasteiger partial charge in [0.25, 0.3) is 0 Å². The zero-order valence-electron chi connectivity index (χ0n) is 18.6. The molecular weight excluding hydrogens is 447 g/mol. The van der Waals surface area contributed by atoms with E-state index in [2.05, 4.69) is 29.0 Å². The number of benzene rings is 2. The van der Waals surface area contributed by atoms with Crippen molar-refractivity contribution in [2.45, 2.75) is 33.1 Å². The lowest BCUT2D eigenvalue weighted by Crippen LogP contribution is -2.02. The van der Waals surface area contributed by atoms with Crippen molar-refractivity contribution in [1.29, 1.82) is 0 Å². The molecule has 0 fully saturated rings. The van der Waals surface area contributed by atoms with Crippen LogP contribution in [0.25, 0.3) is 21.7 Å². The van der Waals surface area contributed by atoms with Crippen molar-refractivity contribution in [3.63, 3.8) is 0 Å². The van der Waals surface area contributed by atoms with Gasteiger partial charge in [0.15, 0.2) is 11.5 Å². The van der Waals surface area contributed by atoms with Crippen molar-refractivity contribution in [1.82, 2.24) is 9.97 Å². The summed E-state index contributed by atoms with van der Waals surface area (Å²) in [5, 5.41) is 13.8. The van der Waals surface area contributed by atoms with Gasteiger partial charge in [-0.1, -0.05) is 25.5 Å². The van der Waals surface area contributed by atoms with Crippen LogP contribution in [0.3, 0.4) is 0 Å². The van der Waals surface area contributed by atoms with Crippen molar-refractivity contribution in [2.24, 2.45) is 0 Å². The van der Waals surface area contributed by atoms with E-state index in [1.165, 1.54) is 0 Å². The Kier molecular flexibility index (Phi) is 8.53. The van der Waals surface area contributed by atoms with Crippen LogP contribution < -0.4 is 9.47 Å². The molecule has 2 aromatic carbocycles. The summed E-state index contributed by atoms with van der Waals surface area (Å²) in [6.45, 7) is 4.09. The maximum atomic E-state index is 10.9. The van der Waals surface area contributed by atoms with E-state index in [9.17, 15) is 5.11 Å². The lowest BCUT2D eigenvalue weighted by molar-refractivity contribution is 0.358. The third kappa shape index (κ3) is 4.69. The molecule has 0 aliphatic carbocycles. The van der Waals surface area contributed by atoms with Gasteiger partial charge in [0.1, 0.15) is 0 Å². The number of hydrogen-bond donors (Lipinski definition) is 1. The first-order chi connectivity index (χ1) is 14.5. The number of rotatable bonds is 6. The third-order valence-electron chi connectivity index (χ3n) is 5.43. The molecule has 5 nitrogen and oxygen atoms in total. The van der Waals surface area contributed by atoms with Gasteiger partial charge < -0.3 is 14.6 Å². The van der Waals surface area contributed by atoms with E-state index in [4.69, 9.17) is 9.47 Å². The second kappa shape index (κ2) is 10.7. The van der Waals surface area contributed by atoms with E-state index in [1.807, 2.05) is 37.3 Å². The molecule has 0 bridgehead atoms. The van der Waals surface area contributed by atoms with Crippen LogP contribution >= 0.6 is 24.8 Å². The van der Waals surface area contributed by atoms with Crippen LogP contribution in [0.2, 0.25) is 0 Å². The van der Waals surface area contributed by atoms with Crippen molar-refractivity contribution < 1.29 is 14.6 Å². The van der Waals surface area contributed by atoms with Crippen molar-refractivity contribution in [3.05, 3.63) is 65.0 Å². The highest BCUT2D eigenvalue weighted by Gasteiger charge is 2.20. The van der Waals surface area contributed by atoms with E-state index in [0.717, 1.165) is 57.0 Å². The normalized spacial score (nSPS) is 10.5. The molecule has 4 rings (SSSR count). The van der Waals surface area contributed by atoms with Crippen LogP contribution in [0.1, 0.15) is 35.9 Å². The van der Waals surface area contributed by atoms with Gasteiger partial charge in [-0.2, -0.15) is 0 Å². The van der Waals surface area contributed by atoms with Gasteiger partial charge in [-0.25, -0.2) is 4.98 Å². The fraction of sp³-hybridized carbons (Fsp3) is 0.280. The van der Waals surface area contributed by atoms with Crippen LogP contribution in [-0.2, 0) is 12.8 Å². The highest BCUT2D eigenvalue weighted by molar-refractivity contribution is 5.96. The molecule has 0 aliphatic rings. The first-order valence-electron chi connectivity index (χ1n) is 10.2. The molecule has 0 spiro atoms. The van der Waals surface area contributed by atoms with E-state index < -0.39 is 0 Å². The summed E-state index contributed by atoms with van der Waals surface area (Å²) in [5.74, 6) is 1.30. The number of aryl methyl sites for hydroxylation is 2. The summed E-state index contributed by atoms with van der Waals surface area (Å²) < 4.78 is 11.2. The standard InChI is InChI=1S/C25H26N2O3.2ClH/c1-5-6-21-18-10-12-22(29-3)24(30-4)23(18)19(25(28)27-21)14-16-8-11-20-17(13-16)9-7-15(2)26-20;;/h7-13H,5-6,14H2,1-4H3,(H,27,28);2*1H. The summed E-state index contributed by atoms with van der Waals surface area (Å²) in [5.41, 5.74) is 4.63. The zero-order valence-corrected chi connectivity index (χ0v) is 20.3. The summed E-state index contributed by atoms with van der Waals surface area (Å²) in [7, 11) is 3.25. The third-order valence-corrected chi connectivity index (χ3v) is 5.43. The second-order valence-electron chi connectivity index (χ2n) is 7.49.